The number of thiophene rings is 1. The number of aromatic nitrogens is 2. The van der Waals surface area contributed by atoms with Crippen LogP contribution in [0.25, 0.3) is 21.7 Å². The van der Waals surface area contributed by atoms with Crippen molar-refractivity contribution < 1.29 is 23.8 Å². The molecule has 0 fully saturated rings. The van der Waals surface area contributed by atoms with Crippen molar-refractivity contribution in [3.8, 4) is 27.4 Å². The first kappa shape index (κ1) is 18.6. The summed E-state index contributed by atoms with van der Waals surface area (Å²) in [6, 6.07) is 6.99. The van der Waals surface area contributed by atoms with E-state index in [1.165, 1.54) is 29.2 Å². The second kappa shape index (κ2) is 7.37. The molecule has 1 N–H and O–H groups in total. The van der Waals surface area contributed by atoms with Crippen molar-refractivity contribution in [2.24, 2.45) is 7.05 Å². The molecule has 1 atom stereocenters. The molecule has 0 radical (unpaired) electrons. The number of ether oxygens (including phenoxy) is 2. The summed E-state index contributed by atoms with van der Waals surface area (Å²) in [6.07, 6.45) is -0.0383. The number of carbonyl (C=O) groups is 1. The van der Waals surface area contributed by atoms with Crippen LogP contribution in [0.5, 0.6) is 5.75 Å². The molecule has 8 heteroatoms. The molecule has 1 aliphatic heterocycles. The van der Waals surface area contributed by atoms with E-state index in [1.54, 1.807) is 7.05 Å². The standard InChI is InChI=1S/C20H19FN2O4S/c1-23-17(18(24)20(25)26-2)15(16(22-23)14-6-4-8-28-14)12-9-11-5-3-7-27-19(11)13(21)10-12/h4,6,8-10,18,24H,3,5,7H2,1-2H3. The predicted octanol–water partition coefficient (Wildman–Crippen LogP) is 3.49. The molecule has 1 aromatic carbocycles. The number of hydrogen-bond donors (Lipinski definition) is 1. The fourth-order valence-electron chi connectivity index (χ4n) is 3.52. The van der Waals surface area contributed by atoms with Crippen LogP contribution in [0.1, 0.15) is 23.8 Å². The number of rotatable bonds is 4. The SMILES string of the molecule is COC(=O)C(O)c1c(-c2cc(F)c3c(c2)CCCO3)c(-c2cccs2)nn1C. The van der Waals surface area contributed by atoms with E-state index in [0.717, 1.165) is 16.9 Å². The van der Waals surface area contributed by atoms with Gasteiger partial charge in [-0.3, -0.25) is 4.68 Å². The quantitative estimate of drug-likeness (QED) is 0.677. The number of esters is 1. The summed E-state index contributed by atoms with van der Waals surface area (Å²) in [6.45, 7) is 0.489. The third kappa shape index (κ3) is 3.08. The van der Waals surface area contributed by atoms with Crippen molar-refractivity contribution in [3.63, 3.8) is 0 Å². The molecule has 0 aliphatic carbocycles. The zero-order valence-electron chi connectivity index (χ0n) is 15.4. The smallest absolute Gasteiger partial charge is 0.341 e. The third-order valence-electron chi connectivity index (χ3n) is 4.78. The van der Waals surface area contributed by atoms with Crippen molar-refractivity contribution in [2.75, 3.05) is 13.7 Å². The molecule has 0 spiro atoms. The van der Waals surface area contributed by atoms with Gasteiger partial charge in [-0.2, -0.15) is 5.10 Å². The van der Waals surface area contributed by atoms with Crippen LogP contribution in [0.15, 0.2) is 29.6 Å². The van der Waals surface area contributed by atoms with Gasteiger partial charge in [0, 0.05) is 12.6 Å². The average Bonchev–Trinajstić information content (AvgIpc) is 3.34. The maximum Gasteiger partial charge on any atom is 0.341 e. The Kier molecular flexibility index (Phi) is 4.91. The first-order chi connectivity index (χ1) is 13.5. The molecule has 6 nitrogen and oxygen atoms in total. The minimum atomic E-state index is -1.54. The van der Waals surface area contributed by atoms with Crippen LogP contribution in [-0.4, -0.2) is 34.6 Å². The number of methoxy groups -OCH3 is 1. The van der Waals surface area contributed by atoms with E-state index >= 15 is 0 Å². The van der Waals surface area contributed by atoms with Gasteiger partial charge in [0.1, 0.15) is 5.69 Å². The lowest BCUT2D eigenvalue weighted by Crippen LogP contribution is -2.17. The van der Waals surface area contributed by atoms with Gasteiger partial charge in [-0.1, -0.05) is 6.07 Å². The lowest BCUT2D eigenvalue weighted by molar-refractivity contribution is -0.151. The topological polar surface area (TPSA) is 73.6 Å². The van der Waals surface area contributed by atoms with Gasteiger partial charge in [0.25, 0.3) is 0 Å². The maximum absolute atomic E-state index is 14.8. The van der Waals surface area contributed by atoms with Gasteiger partial charge in [0.05, 0.1) is 24.3 Å². The summed E-state index contributed by atoms with van der Waals surface area (Å²) < 4.78 is 26.4. The minimum Gasteiger partial charge on any atom is -0.490 e. The molecular weight excluding hydrogens is 383 g/mol. The van der Waals surface area contributed by atoms with E-state index < -0.39 is 17.9 Å². The Hall–Kier alpha value is -2.71. The van der Waals surface area contributed by atoms with Gasteiger partial charge in [0.2, 0.25) is 0 Å². The number of carbonyl (C=O) groups excluding carboxylic acids is 1. The fraction of sp³-hybridized carbons (Fsp3) is 0.300. The van der Waals surface area contributed by atoms with E-state index in [4.69, 9.17) is 9.47 Å². The maximum atomic E-state index is 14.8. The van der Waals surface area contributed by atoms with Crippen molar-refractivity contribution in [2.45, 2.75) is 18.9 Å². The van der Waals surface area contributed by atoms with Crippen LogP contribution in [0, 0.1) is 5.82 Å². The highest BCUT2D eigenvalue weighted by atomic mass is 32.1. The lowest BCUT2D eigenvalue weighted by Gasteiger charge is -2.19. The Morgan fingerprint density at radius 2 is 2.29 bits per heavy atom. The van der Waals surface area contributed by atoms with Crippen LogP contribution in [0.3, 0.4) is 0 Å². The lowest BCUT2D eigenvalue weighted by atomic mass is 9.95. The Morgan fingerprint density at radius 3 is 3.00 bits per heavy atom. The molecule has 0 saturated carbocycles. The molecular formula is C20H19FN2O4S. The van der Waals surface area contributed by atoms with E-state index in [9.17, 15) is 14.3 Å². The van der Waals surface area contributed by atoms with Crippen LogP contribution < -0.4 is 4.74 Å². The van der Waals surface area contributed by atoms with E-state index in [0.29, 0.717) is 29.8 Å². The number of halogens is 1. The van der Waals surface area contributed by atoms with Crippen molar-refractivity contribution in [3.05, 3.63) is 46.7 Å². The molecule has 1 unspecified atom stereocenters. The molecule has 0 bridgehead atoms. The summed E-state index contributed by atoms with van der Waals surface area (Å²) >= 11 is 1.47. The Morgan fingerprint density at radius 1 is 1.46 bits per heavy atom. The Balaban J connectivity index is 1.97. The second-order valence-corrected chi connectivity index (χ2v) is 7.48. The number of nitrogens with zero attached hydrogens (tertiary/aromatic N) is 2. The normalized spacial score (nSPS) is 14.3. The zero-order chi connectivity index (χ0) is 19.8. The third-order valence-corrected chi connectivity index (χ3v) is 5.65. The highest BCUT2D eigenvalue weighted by Crippen LogP contribution is 2.41. The number of benzene rings is 1. The van der Waals surface area contributed by atoms with Crippen molar-refractivity contribution >= 4 is 17.3 Å². The number of aryl methyl sites for hydroxylation is 2. The number of aliphatic hydroxyl groups is 1. The predicted molar refractivity (Wildman–Crippen MR) is 103 cm³/mol. The molecule has 28 heavy (non-hydrogen) atoms. The molecule has 1 aliphatic rings. The van der Waals surface area contributed by atoms with Crippen LogP contribution in [-0.2, 0) is 23.0 Å². The molecule has 0 saturated heterocycles. The molecule has 3 heterocycles. The first-order valence-electron chi connectivity index (χ1n) is 8.83. The highest BCUT2D eigenvalue weighted by molar-refractivity contribution is 7.13. The largest absolute Gasteiger partial charge is 0.490 e. The van der Waals surface area contributed by atoms with Gasteiger partial charge in [-0.05, 0) is 47.5 Å². The first-order valence-corrected chi connectivity index (χ1v) is 9.71. The zero-order valence-corrected chi connectivity index (χ0v) is 16.3. The van der Waals surface area contributed by atoms with Gasteiger partial charge < -0.3 is 14.6 Å². The average molecular weight is 402 g/mol. The highest BCUT2D eigenvalue weighted by Gasteiger charge is 2.31. The number of hydrogen-bond acceptors (Lipinski definition) is 6. The van der Waals surface area contributed by atoms with E-state index in [2.05, 4.69) is 5.10 Å². The van der Waals surface area contributed by atoms with Crippen LogP contribution in [0.2, 0.25) is 0 Å². The summed E-state index contributed by atoms with van der Waals surface area (Å²) in [4.78, 5) is 12.9. The summed E-state index contributed by atoms with van der Waals surface area (Å²) in [5, 5.41) is 17.0. The van der Waals surface area contributed by atoms with Crippen LogP contribution in [0.4, 0.5) is 4.39 Å². The summed E-state index contributed by atoms with van der Waals surface area (Å²) in [5.74, 6) is -0.998. The number of fused-ring (bicyclic) bond motifs is 1. The van der Waals surface area contributed by atoms with Crippen molar-refractivity contribution in [1.82, 2.24) is 9.78 Å². The Labute approximate surface area is 165 Å². The van der Waals surface area contributed by atoms with Gasteiger partial charge in [-0.15, -0.1) is 11.3 Å². The second-order valence-electron chi connectivity index (χ2n) is 6.53. The van der Waals surface area contributed by atoms with Crippen LogP contribution >= 0.6 is 11.3 Å². The van der Waals surface area contributed by atoms with E-state index in [-0.39, 0.29) is 11.4 Å². The molecule has 3 aromatic rings. The van der Waals surface area contributed by atoms with Gasteiger partial charge in [-0.25, -0.2) is 9.18 Å². The summed E-state index contributed by atoms with van der Waals surface area (Å²) in [5.41, 5.74) is 2.64. The molecule has 0 amide bonds. The number of aliphatic hydroxyl groups excluding tert-OH is 1. The monoisotopic (exact) mass is 402 g/mol. The van der Waals surface area contributed by atoms with Gasteiger partial charge in [0.15, 0.2) is 17.7 Å². The fourth-order valence-corrected chi connectivity index (χ4v) is 4.24. The molecule has 146 valence electrons. The minimum absolute atomic E-state index is 0.256. The van der Waals surface area contributed by atoms with E-state index in [1.807, 2.05) is 23.6 Å². The Bertz CT molecular complexity index is 1030. The van der Waals surface area contributed by atoms with Gasteiger partial charge >= 0.3 is 5.97 Å². The van der Waals surface area contributed by atoms with Crippen molar-refractivity contribution in [1.29, 1.82) is 0 Å². The molecule has 2 aromatic heterocycles. The molecule has 4 rings (SSSR count). The summed E-state index contributed by atoms with van der Waals surface area (Å²) in [7, 11) is 2.84.